The molecular weight excluding hydrogens is 318 g/mol. The summed E-state index contributed by atoms with van der Waals surface area (Å²) in [7, 11) is 0. The maximum Gasteiger partial charge on any atom is 0.161 e. The van der Waals surface area contributed by atoms with Crippen molar-refractivity contribution in [3.8, 4) is 0 Å². The number of aromatic nitrogens is 2. The van der Waals surface area contributed by atoms with Gasteiger partial charge in [-0.1, -0.05) is 0 Å². The number of ketones is 1. The highest BCUT2D eigenvalue weighted by atomic mass is 32.1. The second kappa shape index (κ2) is 5.31. The molecule has 2 aromatic rings. The maximum atomic E-state index is 12.7. The van der Waals surface area contributed by atoms with Crippen LogP contribution >= 0.6 is 11.3 Å². The number of fused-ring (bicyclic) bond motifs is 1. The number of hydrogen-bond acceptors (Lipinski definition) is 4. The van der Waals surface area contributed by atoms with E-state index in [1.54, 1.807) is 11.3 Å². The van der Waals surface area contributed by atoms with Crippen LogP contribution in [-0.4, -0.2) is 15.6 Å². The molecular formula is C19H23N3OS. The molecule has 1 aliphatic heterocycles. The van der Waals surface area contributed by atoms with Gasteiger partial charge in [0.05, 0.1) is 11.2 Å². The Kier molecular flexibility index (Phi) is 3.46. The standard InChI is InChI=1S/C19H23N3OS/c1-11-15-16(12-8-9-24-10-12)17-13(6-5-7-14(17)23)20-18(15)22(21-11)19(2,3)4/h8-10,16,20H,5-7H2,1-4H3. The molecule has 2 aliphatic rings. The molecule has 0 saturated carbocycles. The average molecular weight is 341 g/mol. The third-order valence-corrected chi connectivity index (χ3v) is 5.62. The molecule has 1 N–H and O–H groups in total. The number of rotatable bonds is 1. The number of hydrogen-bond donors (Lipinski definition) is 1. The predicted molar refractivity (Wildman–Crippen MR) is 97.6 cm³/mol. The van der Waals surface area contributed by atoms with Gasteiger partial charge < -0.3 is 5.32 Å². The van der Waals surface area contributed by atoms with Crippen LogP contribution in [0.1, 0.15) is 62.8 Å². The van der Waals surface area contributed by atoms with Crippen molar-refractivity contribution in [2.45, 2.75) is 58.4 Å². The molecule has 24 heavy (non-hydrogen) atoms. The first kappa shape index (κ1) is 15.6. The van der Waals surface area contributed by atoms with E-state index in [0.29, 0.717) is 6.42 Å². The number of carbonyl (C=O) groups excluding carboxylic acids is 1. The van der Waals surface area contributed by atoms with Crippen molar-refractivity contribution >= 4 is 22.9 Å². The molecule has 0 amide bonds. The van der Waals surface area contributed by atoms with Gasteiger partial charge in [0.2, 0.25) is 0 Å². The van der Waals surface area contributed by atoms with Crippen molar-refractivity contribution in [1.29, 1.82) is 0 Å². The van der Waals surface area contributed by atoms with E-state index in [9.17, 15) is 4.79 Å². The number of nitrogens with one attached hydrogen (secondary N) is 1. The zero-order chi connectivity index (χ0) is 17.1. The van der Waals surface area contributed by atoms with Gasteiger partial charge >= 0.3 is 0 Å². The monoisotopic (exact) mass is 341 g/mol. The van der Waals surface area contributed by atoms with Gasteiger partial charge in [0.15, 0.2) is 5.78 Å². The Morgan fingerprint density at radius 2 is 2.12 bits per heavy atom. The van der Waals surface area contributed by atoms with E-state index in [2.05, 4.69) is 54.5 Å². The molecule has 0 saturated heterocycles. The van der Waals surface area contributed by atoms with Crippen LogP contribution in [0.3, 0.4) is 0 Å². The highest BCUT2D eigenvalue weighted by molar-refractivity contribution is 7.08. The summed E-state index contributed by atoms with van der Waals surface area (Å²) in [5, 5.41) is 12.7. The van der Waals surface area contributed by atoms with Crippen LogP contribution in [0.15, 0.2) is 28.1 Å². The Morgan fingerprint density at radius 3 is 2.79 bits per heavy atom. The molecule has 0 radical (unpaired) electrons. The van der Waals surface area contributed by atoms with Crippen molar-refractivity contribution in [3.63, 3.8) is 0 Å². The van der Waals surface area contributed by atoms with E-state index in [1.165, 1.54) is 5.56 Å². The van der Waals surface area contributed by atoms with E-state index in [4.69, 9.17) is 5.10 Å². The van der Waals surface area contributed by atoms with Crippen LogP contribution in [0.4, 0.5) is 5.82 Å². The minimum atomic E-state index is -0.110. The van der Waals surface area contributed by atoms with E-state index in [0.717, 1.165) is 41.2 Å². The molecule has 5 heteroatoms. The Hall–Kier alpha value is -1.88. The zero-order valence-electron chi connectivity index (χ0n) is 14.6. The van der Waals surface area contributed by atoms with Gasteiger partial charge in [-0.25, -0.2) is 4.68 Å². The van der Waals surface area contributed by atoms with Crippen LogP contribution in [0.2, 0.25) is 0 Å². The first-order valence-electron chi connectivity index (χ1n) is 8.53. The minimum Gasteiger partial charge on any atom is -0.343 e. The Morgan fingerprint density at radius 1 is 1.33 bits per heavy atom. The quantitative estimate of drug-likeness (QED) is 0.826. The van der Waals surface area contributed by atoms with Gasteiger partial charge in [-0.15, -0.1) is 0 Å². The van der Waals surface area contributed by atoms with E-state index in [-0.39, 0.29) is 17.2 Å². The second-order valence-corrected chi connectivity index (χ2v) is 8.49. The minimum absolute atomic E-state index is 0.0198. The molecule has 126 valence electrons. The van der Waals surface area contributed by atoms with E-state index >= 15 is 0 Å². The van der Waals surface area contributed by atoms with Crippen LogP contribution in [-0.2, 0) is 10.3 Å². The molecule has 1 aliphatic carbocycles. The molecule has 4 nitrogen and oxygen atoms in total. The first-order chi connectivity index (χ1) is 11.4. The highest BCUT2D eigenvalue weighted by Crippen LogP contribution is 2.47. The third kappa shape index (κ3) is 2.25. The lowest BCUT2D eigenvalue weighted by molar-refractivity contribution is -0.116. The predicted octanol–water partition coefficient (Wildman–Crippen LogP) is 4.57. The number of allylic oxidation sites excluding steroid dienone is 2. The number of nitrogens with zero attached hydrogens (tertiary/aromatic N) is 2. The number of Topliss-reactive ketones (excluding diaryl/α,β-unsaturated/α-hetero) is 1. The topological polar surface area (TPSA) is 46.9 Å². The molecule has 4 rings (SSSR count). The van der Waals surface area contributed by atoms with Crippen molar-refractivity contribution < 1.29 is 4.79 Å². The van der Waals surface area contributed by atoms with Crippen LogP contribution in [0.5, 0.6) is 0 Å². The van der Waals surface area contributed by atoms with Crippen molar-refractivity contribution in [2.75, 3.05) is 5.32 Å². The third-order valence-electron chi connectivity index (χ3n) is 4.92. The lowest BCUT2D eigenvalue weighted by atomic mass is 9.77. The molecule has 0 bridgehead atoms. The Balaban J connectivity index is 1.98. The van der Waals surface area contributed by atoms with Crippen LogP contribution in [0, 0.1) is 6.92 Å². The second-order valence-electron chi connectivity index (χ2n) is 7.71. The van der Waals surface area contributed by atoms with Gasteiger partial charge in [0.25, 0.3) is 0 Å². The molecule has 1 atom stereocenters. The summed E-state index contributed by atoms with van der Waals surface area (Å²) >= 11 is 1.69. The fourth-order valence-corrected chi connectivity index (χ4v) is 4.56. The molecule has 1 unspecified atom stereocenters. The van der Waals surface area contributed by atoms with Crippen LogP contribution in [0.25, 0.3) is 0 Å². The fraction of sp³-hybridized carbons (Fsp3) is 0.474. The summed E-state index contributed by atoms with van der Waals surface area (Å²) in [5.74, 6) is 1.37. The molecule has 0 aromatic carbocycles. The molecule has 0 spiro atoms. The molecule has 0 fully saturated rings. The van der Waals surface area contributed by atoms with Gasteiger partial charge in [-0.05, 0) is 62.9 Å². The van der Waals surface area contributed by atoms with Crippen molar-refractivity contribution in [2.24, 2.45) is 0 Å². The summed E-state index contributed by atoms with van der Waals surface area (Å²) in [6.07, 6.45) is 2.53. The fourth-order valence-electron chi connectivity index (χ4n) is 3.88. The van der Waals surface area contributed by atoms with Crippen molar-refractivity contribution in [3.05, 3.63) is 44.9 Å². The lowest BCUT2D eigenvalue weighted by Gasteiger charge is -2.34. The molecule has 2 aromatic heterocycles. The van der Waals surface area contributed by atoms with E-state index < -0.39 is 0 Å². The first-order valence-corrected chi connectivity index (χ1v) is 9.47. The molecule has 3 heterocycles. The summed E-state index contributed by atoms with van der Waals surface area (Å²) < 4.78 is 2.08. The lowest BCUT2D eigenvalue weighted by Crippen LogP contribution is -2.30. The summed E-state index contributed by atoms with van der Waals surface area (Å²) in [6.45, 7) is 8.55. The van der Waals surface area contributed by atoms with Gasteiger partial charge in [0.1, 0.15) is 5.82 Å². The number of carbonyl (C=O) groups is 1. The van der Waals surface area contributed by atoms with E-state index in [1.807, 2.05) is 0 Å². The zero-order valence-corrected chi connectivity index (χ0v) is 15.5. The van der Waals surface area contributed by atoms with Crippen LogP contribution < -0.4 is 5.32 Å². The number of aryl methyl sites for hydroxylation is 1. The summed E-state index contributed by atoms with van der Waals surface area (Å²) in [6, 6.07) is 2.14. The Bertz CT molecular complexity index is 837. The summed E-state index contributed by atoms with van der Waals surface area (Å²) in [5.41, 5.74) is 5.33. The average Bonchev–Trinajstić information content (AvgIpc) is 3.13. The SMILES string of the molecule is Cc1nn(C(C)(C)C)c2c1C(c1ccsc1)C1=C(CCCC1=O)N2. The Labute approximate surface area is 146 Å². The van der Waals surface area contributed by atoms with Gasteiger partial charge in [-0.3, -0.25) is 4.79 Å². The summed E-state index contributed by atoms with van der Waals surface area (Å²) in [4.78, 5) is 12.7. The highest BCUT2D eigenvalue weighted by Gasteiger charge is 2.39. The maximum absolute atomic E-state index is 12.7. The van der Waals surface area contributed by atoms with Gasteiger partial charge in [0, 0.05) is 29.2 Å². The number of anilines is 1. The largest absolute Gasteiger partial charge is 0.343 e. The smallest absolute Gasteiger partial charge is 0.161 e. The van der Waals surface area contributed by atoms with Gasteiger partial charge in [-0.2, -0.15) is 16.4 Å². The number of thiophene rings is 1. The normalized spacial score (nSPS) is 20.7. The van der Waals surface area contributed by atoms with Crippen molar-refractivity contribution in [1.82, 2.24) is 9.78 Å².